The lowest BCUT2D eigenvalue weighted by molar-refractivity contribution is 0.0147. The van der Waals surface area contributed by atoms with E-state index < -0.39 is 5.60 Å². The van der Waals surface area contributed by atoms with E-state index in [2.05, 4.69) is 32.4 Å². The molecule has 166 valence electrons. The molecular formula is C19H35IN6O2S. The van der Waals surface area contributed by atoms with E-state index in [4.69, 9.17) is 4.74 Å². The van der Waals surface area contributed by atoms with Gasteiger partial charge in [0.15, 0.2) is 5.96 Å². The minimum atomic E-state index is -0.445. The number of amides is 1. The monoisotopic (exact) mass is 538 g/mol. The summed E-state index contributed by atoms with van der Waals surface area (Å²) in [5.41, 5.74) is -0.445. The minimum Gasteiger partial charge on any atom is -0.444 e. The fourth-order valence-electron chi connectivity index (χ4n) is 2.84. The molecule has 2 rings (SSSR count). The minimum absolute atomic E-state index is 0. The Labute approximate surface area is 195 Å². The van der Waals surface area contributed by atoms with Gasteiger partial charge in [-0.2, -0.15) is 0 Å². The van der Waals surface area contributed by atoms with Crippen LogP contribution >= 0.6 is 35.3 Å². The molecule has 0 atom stereocenters. The van der Waals surface area contributed by atoms with Crippen LogP contribution in [0.1, 0.15) is 30.7 Å². The number of carbonyl (C=O) groups excluding carboxylic acids is 1. The maximum Gasteiger partial charge on any atom is 0.410 e. The Morgan fingerprint density at radius 3 is 2.45 bits per heavy atom. The van der Waals surface area contributed by atoms with Crippen molar-refractivity contribution in [2.45, 2.75) is 39.7 Å². The van der Waals surface area contributed by atoms with Crippen LogP contribution in [0.3, 0.4) is 0 Å². The largest absolute Gasteiger partial charge is 0.444 e. The number of guanidine groups is 1. The molecule has 0 spiro atoms. The number of ether oxygens (including phenoxy) is 1. The Kier molecular flexibility index (Phi) is 11.2. The van der Waals surface area contributed by atoms with Gasteiger partial charge in [0.05, 0.1) is 5.01 Å². The molecule has 8 nitrogen and oxygen atoms in total. The van der Waals surface area contributed by atoms with Crippen LogP contribution in [0.15, 0.2) is 11.2 Å². The summed E-state index contributed by atoms with van der Waals surface area (Å²) in [7, 11) is 1.78. The molecule has 1 aromatic heterocycles. The molecule has 0 bridgehead atoms. The Balaban J connectivity index is 0.00000420. The molecule has 0 aliphatic carbocycles. The quantitative estimate of drug-likeness (QED) is 0.329. The predicted octanol–water partition coefficient (Wildman–Crippen LogP) is 2.33. The highest BCUT2D eigenvalue weighted by atomic mass is 127. The molecule has 2 N–H and O–H groups in total. The van der Waals surface area contributed by atoms with Gasteiger partial charge in [0.1, 0.15) is 5.60 Å². The number of nitrogens with zero attached hydrogens (tertiary/aromatic N) is 4. The number of aromatic nitrogens is 1. The number of halogens is 1. The molecule has 1 aliphatic heterocycles. The first-order valence-electron chi connectivity index (χ1n) is 9.83. The summed E-state index contributed by atoms with van der Waals surface area (Å²) in [6, 6.07) is 0. The zero-order valence-electron chi connectivity index (χ0n) is 18.2. The predicted molar refractivity (Wildman–Crippen MR) is 130 cm³/mol. The molecule has 10 heteroatoms. The Hall–Kier alpha value is -1.14. The van der Waals surface area contributed by atoms with Gasteiger partial charge in [0, 0.05) is 70.4 Å². The SMILES string of the molecule is CN=C(NCCc1ncc(C)s1)NCCN1CCN(C(=O)OC(C)(C)C)CC1.I. The number of aliphatic imine (C=N–C) groups is 1. The number of carbonyl (C=O) groups is 1. The van der Waals surface area contributed by atoms with E-state index in [0.717, 1.165) is 50.1 Å². The van der Waals surface area contributed by atoms with Crippen LogP contribution in [0.25, 0.3) is 0 Å². The van der Waals surface area contributed by atoms with E-state index in [1.807, 2.05) is 27.0 Å². The van der Waals surface area contributed by atoms with E-state index in [-0.39, 0.29) is 30.1 Å². The number of thiazole rings is 1. The lowest BCUT2D eigenvalue weighted by Gasteiger charge is -2.35. The van der Waals surface area contributed by atoms with Crippen molar-refractivity contribution < 1.29 is 9.53 Å². The van der Waals surface area contributed by atoms with Crippen molar-refractivity contribution in [3.8, 4) is 0 Å². The molecule has 0 radical (unpaired) electrons. The van der Waals surface area contributed by atoms with E-state index >= 15 is 0 Å². The van der Waals surface area contributed by atoms with Crippen LogP contribution in [-0.4, -0.2) is 85.3 Å². The van der Waals surface area contributed by atoms with Crippen LogP contribution in [0, 0.1) is 6.92 Å². The second kappa shape index (κ2) is 12.5. The van der Waals surface area contributed by atoms with Gasteiger partial charge in [-0.05, 0) is 27.7 Å². The number of nitrogens with one attached hydrogen (secondary N) is 2. The molecule has 0 unspecified atom stereocenters. The smallest absolute Gasteiger partial charge is 0.410 e. The summed E-state index contributed by atoms with van der Waals surface area (Å²) in [5, 5.41) is 7.82. The molecule has 0 saturated carbocycles. The van der Waals surface area contributed by atoms with Crippen LogP contribution < -0.4 is 10.6 Å². The molecule has 2 heterocycles. The van der Waals surface area contributed by atoms with Gasteiger partial charge in [-0.1, -0.05) is 0 Å². The van der Waals surface area contributed by atoms with E-state index in [1.54, 1.807) is 23.3 Å². The molecule has 0 aromatic carbocycles. The van der Waals surface area contributed by atoms with Crippen LogP contribution in [0.5, 0.6) is 0 Å². The van der Waals surface area contributed by atoms with Crippen molar-refractivity contribution in [3.05, 3.63) is 16.1 Å². The zero-order chi connectivity index (χ0) is 20.6. The molecule has 1 amide bonds. The summed E-state index contributed by atoms with van der Waals surface area (Å²) in [6.45, 7) is 13.4. The lowest BCUT2D eigenvalue weighted by Crippen LogP contribution is -2.51. The van der Waals surface area contributed by atoms with Gasteiger partial charge < -0.3 is 20.3 Å². The van der Waals surface area contributed by atoms with Crippen molar-refractivity contribution >= 4 is 47.4 Å². The van der Waals surface area contributed by atoms with Crippen molar-refractivity contribution in [2.75, 3.05) is 52.9 Å². The third kappa shape index (κ3) is 9.94. The standard InChI is InChI=1S/C19H34N6O2S.HI/c1-15-14-23-16(28-15)6-7-21-17(20-5)22-8-9-24-10-12-25(13-11-24)18(26)27-19(2,3)4;/h14H,6-13H2,1-5H3,(H2,20,21,22);1H. The third-order valence-electron chi connectivity index (χ3n) is 4.27. The molecule has 1 fully saturated rings. The van der Waals surface area contributed by atoms with E-state index in [0.29, 0.717) is 13.1 Å². The highest BCUT2D eigenvalue weighted by molar-refractivity contribution is 14.0. The second-order valence-electron chi connectivity index (χ2n) is 7.85. The lowest BCUT2D eigenvalue weighted by atomic mass is 10.2. The summed E-state index contributed by atoms with van der Waals surface area (Å²) >= 11 is 1.73. The van der Waals surface area contributed by atoms with Crippen molar-refractivity contribution in [2.24, 2.45) is 4.99 Å². The van der Waals surface area contributed by atoms with Gasteiger partial charge in [-0.25, -0.2) is 9.78 Å². The average molecular weight is 539 g/mol. The number of hydrogen-bond acceptors (Lipinski definition) is 6. The van der Waals surface area contributed by atoms with Crippen LogP contribution in [-0.2, 0) is 11.2 Å². The van der Waals surface area contributed by atoms with Gasteiger partial charge in [-0.15, -0.1) is 35.3 Å². The molecule has 1 aliphatic rings. The van der Waals surface area contributed by atoms with Crippen molar-refractivity contribution in [1.82, 2.24) is 25.4 Å². The third-order valence-corrected chi connectivity index (χ3v) is 5.24. The Morgan fingerprint density at radius 1 is 1.24 bits per heavy atom. The highest BCUT2D eigenvalue weighted by Gasteiger charge is 2.25. The molecule has 1 aromatic rings. The van der Waals surface area contributed by atoms with Crippen LogP contribution in [0.2, 0.25) is 0 Å². The zero-order valence-corrected chi connectivity index (χ0v) is 21.3. The van der Waals surface area contributed by atoms with E-state index in [9.17, 15) is 4.79 Å². The van der Waals surface area contributed by atoms with Gasteiger partial charge >= 0.3 is 6.09 Å². The first-order valence-corrected chi connectivity index (χ1v) is 10.6. The number of aryl methyl sites for hydroxylation is 1. The first-order chi connectivity index (χ1) is 13.3. The highest BCUT2D eigenvalue weighted by Crippen LogP contribution is 2.12. The van der Waals surface area contributed by atoms with Crippen molar-refractivity contribution in [3.63, 3.8) is 0 Å². The first kappa shape index (κ1) is 25.9. The normalized spacial score (nSPS) is 15.6. The second-order valence-corrected chi connectivity index (χ2v) is 9.17. The fourth-order valence-corrected chi connectivity index (χ4v) is 3.63. The topological polar surface area (TPSA) is 82.1 Å². The fraction of sp³-hybridized carbons (Fsp3) is 0.737. The summed E-state index contributed by atoms with van der Waals surface area (Å²) in [4.78, 5) is 26.1. The van der Waals surface area contributed by atoms with E-state index in [1.165, 1.54) is 4.88 Å². The number of hydrogen-bond donors (Lipinski definition) is 2. The molecule has 29 heavy (non-hydrogen) atoms. The maximum absolute atomic E-state index is 12.1. The summed E-state index contributed by atoms with van der Waals surface area (Å²) < 4.78 is 5.44. The van der Waals surface area contributed by atoms with Gasteiger partial charge in [0.25, 0.3) is 0 Å². The van der Waals surface area contributed by atoms with Gasteiger partial charge in [-0.3, -0.25) is 9.89 Å². The number of rotatable bonds is 6. The maximum atomic E-state index is 12.1. The van der Waals surface area contributed by atoms with Gasteiger partial charge in [0.2, 0.25) is 0 Å². The van der Waals surface area contributed by atoms with Crippen LogP contribution in [0.4, 0.5) is 4.79 Å². The average Bonchev–Trinajstić information content (AvgIpc) is 3.04. The summed E-state index contributed by atoms with van der Waals surface area (Å²) in [6.07, 6.45) is 2.59. The molecule has 1 saturated heterocycles. The molecular weight excluding hydrogens is 503 g/mol. The Bertz CT molecular complexity index is 653. The van der Waals surface area contributed by atoms with Crippen molar-refractivity contribution in [1.29, 1.82) is 0 Å². The number of piperazine rings is 1. The Morgan fingerprint density at radius 2 is 1.90 bits per heavy atom. The summed E-state index contributed by atoms with van der Waals surface area (Å²) in [5.74, 6) is 0.806.